The van der Waals surface area contributed by atoms with E-state index in [2.05, 4.69) is 13.8 Å². The topological polar surface area (TPSA) is 49.8 Å². The number of hydrogen-bond acceptors (Lipinski definition) is 3. The molecule has 1 heterocycles. The van der Waals surface area contributed by atoms with E-state index >= 15 is 0 Å². The van der Waals surface area contributed by atoms with Crippen LogP contribution in [0.3, 0.4) is 0 Å². The molecule has 0 bridgehead atoms. The maximum Gasteiger partial charge on any atom is 0.249 e. The van der Waals surface area contributed by atoms with Crippen molar-refractivity contribution < 1.29 is 14.7 Å². The Morgan fingerprint density at radius 3 is 2.62 bits per heavy atom. The zero-order valence-electron chi connectivity index (χ0n) is 7.99. The molecular weight excluding hydrogens is 170 g/mol. The summed E-state index contributed by atoms with van der Waals surface area (Å²) in [5.74, 6) is 0.124. The van der Waals surface area contributed by atoms with Crippen molar-refractivity contribution in [3.8, 4) is 0 Å². The van der Waals surface area contributed by atoms with Gasteiger partial charge in [-0.3, -0.25) is 9.63 Å². The lowest BCUT2D eigenvalue weighted by atomic mass is 10.1. The van der Waals surface area contributed by atoms with E-state index in [1.807, 2.05) is 0 Å². The lowest BCUT2D eigenvalue weighted by molar-refractivity contribution is -0.171. The molecule has 0 radical (unpaired) electrons. The monoisotopic (exact) mass is 185 g/mol. The fourth-order valence-corrected chi connectivity index (χ4v) is 1.69. The van der Waals surface area contributed by atoms with Crippen LogP contribution in [-0.2, 0) is 9.63 Å². The summed E-state index contributed by atoms with van der Waals surface area (Å²) in [6.45, 7) is 4.72. The molecule has 0 aromatic heterocycles. The molecule has 2 atom stereocenters. The number of aliphatic hydroxyl groups is 1. The van der Waals surface area contributed by atoms with E-state index in [4.69, 9.17) is 9.94 Å². The molecule has 1 aliphatic heterocycles. The molecule has 74 valence electrons. The van der Waals surface area contributed by atoms with E-state index in [0.29, 0.717) is 6.54 Å². The molecule has 0 spiro atoms. The highest BCUT2D eigenvalue weighted by atomic mass is 16.7. The van der Waals surface area contributed by atoms with Gasteiger partial charge in [-0.25, -0.2) is 5.06 Å². The van der Waals surface area contributed by atoms with Crippen LogP contribution in [0.25, 0.3) is 0 Å². The van der Waals surface area contributed by atoms with Gasteiger partial charge in [0.15, 0.2) is 0 Å². The number of nitrogens with zero attached hydrogens (tertiary/aromatic N) is 1. The van der Waals surface area contributed by atoms with Gasteiger partial charge in [-0.1, -0.05) is 13.8 Å². The molecule has 13 heavy (non-hydrogen) atoms. The van der Waals surface area contributed by atoms with Crippen molar-refractivity contribution >= 4 is 5.91 Å². The summed E-state index contributed by atoms with van der Waals surface area (Å²) in [4.78, 5) is 16.7. The van der Waals surface area contributed by atoms with Gasteiger partial charge in [0.1, 0.15) is 6.61 Å². The van der Waals surface area contributed by atoms with Crippen molar-refractivity contribution in [3.63, 3.8) is 0 Å². The summed E-state index contributed by atoms with van der Waals surface area (Å²) in [6, 6.07) is 0. The van der Waals surface area contributed by atoms with Gasteiger partial charge in [-0.2, -0.15) is 0 Å². The van der Waals surface area contributed by atoms with E-state index < -0.39 is 6.10 Å². The molecule has 2 aliphatic rings. The second kappa shape index (κ2) is 2.69. The van der Waals surface area contributed by atoms with Crippen LogP contribution >= 0.6 is 0 Å². The molecular formula is C9H15NO3. The molecule has 1 saturated heterocycles. The first-order valence-electron chi connectivity index (χ1n) is 4.63. The van der Waals surface area contributed by atoms with E-state index in [-0.39, 0.29) is 23.8 Å². The predicted molar refractivity (Wildman–Crippen MR) is 45.6 cm³/mol. The average Bonchev–Trinajstić information content (AvgIpc) is 2.47. The van der Waals surface area contributed by atoms with Crippen LogP contribution in [0.2, 0.25) is 0 Å². The molecule has 1 aliphatic carbocycles. The van der Waals surface area contributed by atoms with E-state index in [0.717, 1.165) is 6.42 Å². The summed E-state index contributed by atoms with van der Waals surface area (Å²) in [5, 5.41) is 10.5. The quantitative estimate of drug-likeness (QED) is 0.633. The highest BCUT2D eigenvalue weighted by Crippen LogP contribution is 2.52. The van der Waals surface area contributed by atoms with Gasteiger partial charge in [0.05, 0.1) is 12.6 Å². The minimum absolute atomic E-state index is 0.0292. The van der Waals surface area contributed by atoms with Crippen LogP contribution in [0.4, 0.5) is 0 Å². The standard InChI is InChI=1S/C9H15NO3/c1-9(2)3-7(9)8(12)10-4-6(11)5-13-10/h6-7,11H,3-5H2,1-2H3/t6-,7?/m1/s1. The van der Waals surface area contributed by atoms with Crippen molar-refractivity contribution in [3.05, 3.63) is 0 Å². The van der Waals surface area contributed by atoms with Crippen LogP contribution in [0.15, 0.2) is 0 Å². The van der Waals surface area contributed by atoms with Gasteiger partial charge in [0.25, 0.3) is 0 Å². The number of hydrogen-bond donors (Lipinski definition) is 1. The Morgan fingerprint density at radius 2 is 2.23 bits per heavy atom. The zero-order valence-corrected chi connectivity index (χ0v) is 7.99. The number of carbonyl (C=O) groups is 1. The third-order valence-corrected chi connectivity index (χ3v) is 2.86. The molecule has 1 amide bonds. The normalized spacial score (nSPS) is 36.4. The smallest absolute Gasteiger partial charge is 0.249 e. The molecule has 2 rings (SSSR count). The fraction of sp³-hybridized carbons (Fsp3) is 0.889. The number of rotatable bonds is 1. The summed E-state index contributed by atoms with van der Waals surface area (Å²) in [6.07, 6.45) is 0.424. The SMILES string of the molecule is CC1(C)CC1C(=O)N1C[C@@H](O)CO1. The largest absolute Gasteiger partial charge is 0.389 e. The van der Waals surface area contributed by atoms with Crippen molar-refractivity contribution in [2.45, 2.75) is 26.4 Å². The number of β-amino-alcohol motifs (C(OH)–C–C–N with tert-alkyl or cyclic N) is 1. The first-order chi connectivity index (χ1) is 6.00. The summed E-state index contributed by atoms with van der Waals surface area (Å²) < 4.78 is 0. The van der Waals surface area contributed by atoms with Crippen molar-refractivity contribution in [1.82, 2.24) is 5.06 Å². The van der Waals surface area contributed by atoms with Gasteiger partial charge < -0.3 is 5.11 Å². The summed E-state index contributed by atoms with van der Waals surface area (Å²) >= 11 is 0. The number of hydroxylamine groups is 2. The highest BCUT2D eigenvalue weighted by Gasteiger charge is 2.53. The fourth-order valence-electron chi connectivity index (χ4n) is 1.69. The maximum absolute atomic E-state index is 11.7. The lowest BCUT2D eigenvalue weighted by Gasteiger charge is -2.14. The molecule has 4 heteroatoms. The van der Waals surface area contributed by atoms with Crippen LogP contribution in [0.1, 0.15) is 20.3 Å². The van der Waals surface area contributed by atoms with Crippen molar-refractivity contribution in [2.24, 2.45) is 11.3 Å². The van der Waals surface area contributed by atoms with Crippen LogP contribution in [0, 0.1) is 11.3 Å². The predicted octanol–water partition coefficient (Wildman–Crippen LogP) is 0.167. The zero-order chi connectivity index (χ0) is 9.64. The van der Waals surface area contributed by atoms with Crippen LogP contribution in [0.5, 0.6) is 0 Å². The van der Waals surface area contributed by atoms with Gasteiger partial charge in [-0.15, -0.1) is 0 Å². The minimum atomic E-state index is -0.509. The van der Waals surface area contributed by atoms with Gasteiger partial charge in [0, 0.05) is 5.92 Å². The Morgan fingerprint density at radius 1 is 1.62 bits per heavy atom. The van der Waals surface area contributed by atoms with E-state index in [1.165, 1.54) is 5.06 Å². The molecule has 1 N–H and O–H groups in total. The molecule has 1 saturated carbocycles. The number of carbonyl (C=O) groups excluding carboxylic acids is 1. The first-order valence-corrected chi connectivity index (χ1v) is 4.63. The van der Waals surface area contributed by atoms with Crippen molar-refractivity contribution in [2.75, 3.05) is 13.2 Å². The van der Waals surface area contributed by atoms with Crippen molar-refractivity contribution in [1.29, 1.82) is 0 Å². The number of amides is 1. The number of aliphatic hydroxyl groups excluding tert-OH is 1. The maximum atomic E-state index is 11.7. The Labute approximate surface area is 77.4 Å². The van der Waals surface area contributed by atoms with Crippen LogP contribution in [-0.4, -0.2) is 35.3 Å². The van der Waals surface area contributed by atoms with Crippen LogP contribution < -0.4 is 0 Å². The third-order valence-electron chi connectivity index (χ3n) is 2.86. The average molecular weight is 185 g/mol. The van der Waals surface area contributed by atoms with E-state index in [9.17, 15) is 4.79 Å². The van der Waals surface area contributed by atoms with Gasteiger partial charge in [0.2, 0.25) is 5.91 Å². The molecule has 0 aromatic carbocycles. The van der Waals surface area contributed by atoms with Gasteiger partial charge in [-0.05, 0) is 11.8 Å². The Balaban J connectivity index is 1.92. The summed E-state index contributed by atoms with van der Waals surface area (Å²) in [5.41, 5.74) is 0.133. The molecule has 4 nitrogen and oxygen atoms in total. The van der Waals surface area contributed by atoms with Gasteiger partial charge >= 0.3 is 0 Å². The minimum Gasteiger partial charge on any atom is -0.389 e. The Bertz CT molecular complexity index is 239. The summed E-state index contributed by atoms with van der Waals surface area (Å²) in [7, 11) is 0. The Hall–Kier alpha value is -0.610. The molecule has 1 unspecified atom stereocenters. The second-order valence-corrected chi connectivity index (χ2v) is 4.59. The van der Waals surface area contributed by atoms with E-state index in [1.54, 1.807) is 0 Å². The second-order valence-electron chi connectivity index (χ2n) is 4.59. The first kappa shape index (κ1) is 8.97. The Kier molecular flexibility index (Phi) is 1.85. The molecule has 0 aromatic rings. The lowest BCUT2D eigenvalue weighted by Crippen LogP contribution is -2.30. The molecule has 2 fully saturated rings. The highest BCUT2D eigenvalue weighted by molar-refractivity contribution is 5.81. The third kappa shape index (κ3) is 1.56.